The van der Waals surface area contributed by atoms with Gasteiger partial charge in [-0.15, -0.1) is 0 Å². The molecule has 0 bridgehead atoms. The predicted octanol–water partition coefficient (Wildman–Crippen LogP) is 1.72. The second-order valence-electron chi connectivity index (χ2n) is 3.37. The Morgan fingerprint density at radius 2 is 2.31 bits per heavy atom. The molecule has 0 saturated heterocycles. The normalized spacial score (nSPS) is 10.3. The highest BCUT2D eigenvalue weighted by atomic mass is 16.5. The molecule has 0 aromatic carbocycles. The van der Waals surface area contributed by atoms with E-state index in [1.54, 1.807) is 0 Å². The lowest BCUT2D eigenvalue weighted by molar-refractivity contribution is 0.379. The Morgan fingerprint density at radius 3 is 2.92 bits per heavy atom. The fourth-order valence-corrected chi connectivity index (χ4v) is 0.949. The molecule has 1 aromatic heterocycles. The average Bonchev–Trinajstić information content (AvgIpc) is 2.50. The Kier molecular flexibility index (Phi) is 3.44. The highest BCUT2D eigenvalue weighted by Crippen LogP contribution is 2.06. The number of aryl methyl sites for hydroxylation is 1. The molecule has 4 nitrogen and oxygen atoms in total. The molecule has 13 heavy (non-hydrogen) atoms. The largest absolute Gasteiger partial charge is 0.338 e. The molecule has 1 aromatic rings. The summed E-state index contributed by atoms with van der Waals surface area (Å²) in [5.74, 6) is 1.76. The summed E-state index contributed by atoms with van der Waals surface area (Å²) < 4.78 is 4.85. The molecule has 0 saturated carbocycles. The fraction of sp³-hybridized carbons (Fsp3) is 0.667. The zero-order chi connectivity index (χ0) is 9.68. The van der Waals surface area contributed by atoms with E-state index < -0.39 is 0 Å². The van der Waals surface area contributed by atoms with Crippen molar-refractivity contribution in [1.82, 2.24) is 10.1 Å². The molecule has 70 valence electrons. The summed E-state index contributed by atoms with van der Waals surface area (Å²) in [6, 6.07) is 1.97. The van der Waals surface area contributed by atoms with Crippen molar-refractivity contribution < 1.29 is 4.52 Å². The molecular formula is C9H13N3O. The lowest BCUT2D eigenvalue weighted by Crippen LogP contribution is -1.94. The van der Waals surface area contributed by atoms with Crippen molar-refractivity contribution in [3.63, 3.8) is 0 Å². The first-order valence-corrected chi connectivity index (χ1v) is 4.40. The molecule has 0 unspecified atom stereocenters. The van der Waals surface area contributed by atoms with E-state index in [0.717, 1.165) is 12.8 Å². The van der Waals surface area contributed by atoms with Gasteiger partial charge in [-0.1, -0.05) is 19.0 Å². The summed E-state index contributed by atoms with van der Waals surface area (Å²) in [6.45, 7) is 4.30. The van der Waals surface area contributed by atoms with Gasteiger partial charge in [-0.25, -0.2) is 0 Å². The lowest BCUT2D eigenvalue weighted by Gasteiger charge is -1.98. The Morgan fingerprint density at radius 1 is 1.54 bits per heavy atom. The summed E-state index contributed by atoms with van der Waals surface area (Å²) in [5, 5.41) is 12.1. The van der Waals surface area contributed by atoms with Crippen LogP contribution in [0.5, 0.6) is 0 Å². The molecular weight excluding hydrogens is 166 g/mol. The van der Waals surface area contributed by atoms with E-state index in [-0.39, 0.29) is 6.42 Å². The number of nitrogens with zero attached hydrogens (tertiary/aromatic N) is 3. The van der Waals surface area contributed by atoms with E-state index in [4.69, 9.17) is 9.78 Å². The Balaban J connectivity index is 2.45. The van der Waals surface area contributed by atoms with Crippen LogP contribution >= 0.6 is 0 Å². The van der Waals surface area contributed by atoms with Gasteiger partial charge in [0.1, 0.15) is 6.42 Å². The van der Waals surface area contributed by atoms with Gasteiger partial charge in [0.2, 0.25) is 5.89 Å². The number of hydrogen-bond donors (Lipinski definition) is 0. The van der Waals surface area contributed by atoms with Crippen molar-refractivity contribution in [2.24, 2.45) is 5.92 Å². The second kappa shape index (κ2) is 4.61. The van der Waals surface area contributed by atoms with E-state index in [0.29, 0.717) is 17.6 Å². The van der Waals surface area contributed by atoms with Crippen molar-refractivity contribution >= 4 is 0 Å². The molecule has 4 heteroatoms. The second-order valence-corrected chi connectivity index (χ2v) is 3.37. The summed E-state index contributed by atoms with van der Waals surface area (Å²) in [6.07, 6.45) is 2.08. The number of nitriles is 1. The predicted molar refractivity (Wildman–Crippen MR) is 46.8 cm³/mol. The van der Waals surface area contributed by atoms with Crippen LogP contribution < -0.4 is 0 Å². The highest BCUT2D eigenvalue weighted by Gasteiger charge is 2.05. The molecule has 0 radical (unpaired) electrons. The number of hydrogen-bond acceptors (Lipinski definition) is 4. The van der Waals surface area contributed by atoms with Crippen molar-refractivity contribution in [3.05, 3.63) is 11.7 Å². The molecule has 0 fully saturated rings. The third kappa shape index (κ3) is 3.24. The first-order valence-electron chi connectivity index (χ1n) is 4.40. The van der Waals surface area contributed by atoms with Crippen LogP contribution in [0, 0.1) is 17.2 Å². The topological polar surface area (TPSA) is 62.7 Å². The minimum Gasteiger partial charge on any atom is -0.338 e. The van der Waals surface area contributed by atoms with Crippen LogP contribution in [0.1, 0.15) is 32.0 Å². The highest BCUT2D eigenvalue weighted by molar-refractivity contribution is 4.93. The van der Waals surface area contributed by atoms with Crippen molar-refractivity contribution in [3.8, 4) is 6.07 Å². The molecule has 0 amide bonds. The number of rotatable bonds is 4. The van der Waals surface area contributed by atoms with Crippen LogP contribution in [-0.2, 0) is 12.8 Å². The van der Waals surface area contributed by atoms with Gasteiger partial charge in [0.15, 0.2) is 5.82 Å². The molecule has 1 rings (SSSR count). The van der Waals surface area contributed by atoms with Crippen LogP contribution in [0.25, 0.3) is 0 Å². The minimum atomic E-state index is 0.203. The first-order chi connectivity index (χ1) is 6.22. The average molecular weight is 179 g/mol. The molecule has 0 atom stereocenters. The summed E-state index contributed by atoms with van der Waals surface area (Å²) in [4.78, 5) is 4.07. The monoisotopic (exact) mass is 179 g/mol. The van der Waals surface area contributed by atoms with Gasteiger partial charge in [-0.2, -0.15) is 10.2 Å². The molecule has 0 N–H and O–H groups in total. The maximum Gasteiger partial charge on any atom is 0.240 e. The van der Waals surface area contributed by atoms with Gasteiger partial charge in [-0.05, 0) is 12.3 Å². The van der Waals surface area contributed by atoms with E-state index in [1.165, 1.54) is 0 Å². The standard InChI is InChI=1S/C9H13N3O/c1-7(2)3-4-8-11-9(5-6-10)13-12-8/h7H,3-5H2,1-2H3. The van der Waals surface area contributed by atoms with E-state index in [1.807, 2.05) is 6.07 Å². The van der Waals surface area contributed by atoms with Gasteiger partial charge >= 0.3 is 0 Å². The Hall–Kier alpha value is -1.37. The van der Waals surface area contributed by atoms with Crippen LogP contribution in [0.2, 0.25) is 0 Å². The first kappa shape index (κ1) is 9.72. The fourth-order valence-electron chi connectivity index (χ4n) is 0.949. The van der Waals surface area contributed by atoms with Crippen LogP contribution in [0.3, 0.4) is 0 Å². The van der Waals surface area contributed by atoms with Gasteiger partial charge in [-0.3, -0.25) is 0 Å². The molecule has 0 aliphatic rings. The smallest absolute Gasteiger partial charge is 0.240 e. The van der Waals surface area contributed by atoms with Crippen LogP contribution in [-0.4, -0.2) is 10.1 Å². The van der Waals surface area contributed by atoms with Crippen molar-refractivity contribution in [1.29, 1.82) is 5.26 Å². The van der Waals surface area contributed by atoms with Crippen LogP contribution in [0.4, 0.5) is 0 Å². The Bertz CT molecular complexity index is 298. The number of aromatic nitrogens is 2. The van der Waals surface area contributed by atoms with Gasteiger partial charge < -0.3 is 4.52 Å². The third-order valence-corrected chi connectivity index (χ3v) is 1.69. The van der Waals surface area contributed by atoms with Crippen molar-refractivity contribution in [2.45, 2.75) is 33.1 Å². The molecule has 0 aliphatic carbocycles. The van der Waals surface area contributed by atoms with E-state index in [2.05, 4.69) is 24.0 Å². The van der Waals surface area contributed by atoms with Crippen LogP contribution in [0.15, 0.2) is 4.52 Å². The quantitative estimate of drug-likeness (QED) is 0.706. The van der Waals surface area contributed by atoms with E-state index in [9.17, 15) is 0 Å². The third-order valence-electron chi connectivity index (χ3n) is 1.69. The molecule has 1 heterocycles. The zero-order valence-electron chi connectivity index (χ0n) is 7.95. The van der Waals surface area contributed by atoms with Crippen molar-refractivity contribution in [2.75, 3.05) is 0 Å². The summed E-state index contributed by atoms with van der Waals surface area (Å²) in [7, 11) is 0. The maximum absolute atomic E-state index is 8.37. The maximum atomic E-state index is 8.37. The van der Waals surface area contributed by atoms with E-state index >= 15 is 0 Å². The van der Waals surface area contributed by atoms with Gasteiger partial charge in [0.25, 0.3) is 0 Å². The SMILES string of the molecule is CC(C)CCc1noc(CC#N)n1. The summed E-state index contributed by atoms with van der Waals surface area (Å²) >= 11 is 0. The van der Waals surface area contributed by atoms with Gasteiger partial charge in [0, 0.05) is 6.42 Å². The molecule has 0 aliphatic heterocycles. The van der Waals surface area contributed by atoms with Gasteiger partial charge in [0.05, 0.1) is 6.07 Å². The minimum absolute atomic E-state index is 0.203. The Labute approximate surface area is 77.6 Å². The molecule has 0 spiro atoms. The lowest BCUT2D eigenvalue weighted by atomic mass is 10.1. The zero-order valence-corrected chi connectivity index (χ0v) is 7.95. The summed E-state index contributed by atoms with van der Waals surface area (Å²) in [5.41, 5.74) is 0.